The van der Waals surface area contributed by atoms with Gasteiger partial charge in [-0.05, 0) is 42.3 Å². The summed E-state index contributed by atoms with van der Waals surface area (Å²) in [5.41, 5.74) is 1.69. The van der Waals surface area contributed by atoms with Crippen LogP contribution in [0.5, 0.6) is 11.5 Å². The van der Waals surface area contributed by atoms with Crippen molar-refractivity contribution < 1.29 is 19.4 Å². The maximum Gasteiger partial charge on any atom is 0.244 e. The molecule has 0 aliphatic carbocycles. The largest absolute Gasteiger partial charge is 0.454 e. The first-order valence-corrected chi connectivity index (χ1v) is 7.78. The molecule has 6 nitrogen and oxygen atoms in total. The lowest BCUT2D eigenvalue weighted by molar-refractivity contribution is -0.116. The van der Waals surface area contributed by atoms with Crippen LogP contribution < -0.4 is 14.8 Å². The average molecular weight is 328 g/mol. The lowest BCUT2D eigenvalue weighted by Gasteiger charge is -2.12. The zero-order chi connectivity index (χ0) is 16.9. The highest BCUT2D eigenvalue weighted by Gasteiger charge is 2.12. The van der Waals surface area contributed by atoms with Crippen molar-refractivity contribution in [2.24, 2.45) is 7.05 Å². The molecule has 126 valence electrons. The van der Waals surface area contributed by atoms with Gasteiger partial charge in [0.05, 0.1) is 6.10 Å². The minimum atomic E-state index is -0.594. The lowest BCUT2D eigenvalue weighted by atomic mass is 10.2. The van der Waals surface area contributed by atoms with E-state index >= 15 is 0 Å². The molecule has 1 aliphatic rings. The summed E-state index contributed by atoms with van der Waals surface area (Å²) >= 11 is 0. The number of amides is 1. The molecule has 0 saturated carbocycles. The third-order valence-corrected chi connectivity index (χ3v) is 3.87. The van der Waals surface area contributed by atoms with Gasteiger partial charge in [0.25, 0.3) is 0 Å². The highest BCUT2D eigenvalue weighted by Crippen LogP contribution is 2.32. The maximum absolute atomic E-state index is 11.8. The molecule has 1 aromatic heterocycles. The molecule has 0 unspecified atom stereocenters. The van der Waals surface area contributed by atoms with Gasteiger partial charge in [0.2, 0.25) is 12.7 Å². The highest BCUT2D eigenvalue weighted by molar-refractivity contribution is 5.91. The fraction of sp³-hybridized carbons (Fsp3) is 0.278. The van der Waals surface area contributed by atoms with Gasteiger partial charge in [0.15, 0.2) is 11.5 Å². The topological polar surface area (TPSA) is 72.7 Å². The third-order valence-electron chi connectivity index (χ3n) is 3.87. The number of benzene rings is 1. The van der Waals surface area contributed by atoms with Gasteiger partial charge in [-0.3, -0.25) is 4.79 Å². The first-order valence-electron chi connectivity index (χ1n) is 7.78. The quantitative estimate of drug-likeness (QED) is 0.796. The van der Waals surface area contributed by atoms with Crippen LogP contribution in [0.1, 0.15) is 23.8 Å². The van der Waals surface area contributed by atoms with Crippen molar-refractivity contribution in [1.29, 1.82) is 0 Å². The Labute approximate surface area is 140 Å². The number of aryl methyl sites for hydroxylation is 1. The van der Waals surface area contributed by atoms with Crippen LogP contribution in [0.15, 0.2) is 42.6 Å². The fourth-order valence-electron chi connectivity index (χ4n) is 2.55. The standard InChI is InChI=1S/C18H20N2O4/c1-20-10-2-3-14(20)15(21)8-9-19-18(22)7-5-13-4-6-16-17(11-13)24-12-23-16/h2-7,10-11,15,21H,8-9,12H2,1H3,(H,19,22)/b7-5+/t15-/m0/s1. The molecule has 0 saturated heterocycles. The molecule has 1 amide bonds. The molecule has 0 spiro atoms. The minimum Gasteiger partial charge on any atom is -0.454 e. The number of aliphatic hydroxyl groups is 1. The van der Waals surface area contributed by atoms with Crippen LogP contribution in [0.25, 0.3) is 6.08 Å². The summed E-state index contributed by atoms with van der Waals surface area (Å²) < 4.78 is 12.4. The summed E-state index contributed by atoms with van der Waals surface area (Å²) in [6.07, 6.45) is 4.92. The first-order chi connectivity index (χ1) is 11.6. The predicted octanol–water partition coefficient (Wildman–Crippen LogP) is 2.01. The number of hydrogen-bond donors (Lipinski definition) is 2. The minimum absolute atomic E-state index is 0.202. The smallest absolute Gasteiger partial charge is 0.244 e. The van der Waals surface area contributed by atoms with E-state index in [9.17, 15) is 9.90 Å². The van der Waals surface area contributed by atoms with Crippen LogP contribution in [-0.2, 0) is 11.8 Å². The van der Waals surface area contributed by atoms with E-state index in [1.807, 2.05) is 48.1 Å². The molecule has 0 fully saturated rings. The van der Waals surface area contributed by atoms with Gasteiger partial charge in [-0.2, -0.15) is 0 Å². The average Bonchev–Trinajstić information content (AvgIpc) is 3.20. The second-order valence-electron chi connectivity index (χ2n) is 5.59. The van der Waals surface area contributed by atoms with E-state index < -0.39 is 6.10 Å². The van der Waals surface area contributed by atoms with Crippen molar-refractivity contribution in [3.8, 4) is 11.5 Å². The Balaban J connectivity index is 1.46. The van der Waals surface area contributed by atoms with Crippen molar-refractivity contribution >= 4 is 12.0 Å². The summed E-state index contributed by atoms with van der Waals surface area (Å²) in [6, 6.07) is 9.25. The van der Waals surface area contributed by atoms with Crippen LogP contribution in [-0.4, -0.2) is 28.9 Å². The second-order valence-corrected chi connectivity index (χ2v) is 5.59. The number of aromatic nitrogens is 1. The SMILES string of the molecule is Cn1cccc1[C@@H](O)CCNC(=O)/C=C/c1ccc2c(c1)OCO2. The number of nitrogens with zero attached hydrogens (tertiary/aromatic N) is 1. The lowest BCUT2D eigenvalue weighted by Crippen LogP contribution is -2.23. The van der Waals surface area contributed by atoms with E-state index in [0.29, 0.717) is 24.5 Å². The molecule has 0 bridgehead atoms. The highest BCUT2D eigenvalue weighted by atomic mass is 16.7. The van der Waals surface area contributed by atoms with Crippen LogP contribution in [0, 0.1) is 0 Å². The number of carbonyl (C=O) groups is 1. The van der Waals surface area contributed by atoms with Crippen molar-refractivity contribution in [3.05, 3.63) is 53.9 Å². The molecule has 1 atom stereocenters. The van der Waals surface area contributed by atoms with Crippen molar-refractivity contribution in [2.45, 2.75) is 12.5 Å². The number of hydrogen-bond acceptors (Lipinski definition) is 4. The number of ether oxygens (including phenoxy) is 2. The Morgan fingerprint density at radius 2 is 2.21 bits per heavy atom. The second kappa shape index (κ2) is 7.23. The van der Waals surface area contributed by atoms with Gasteiger partial charge in [0.1, 0.15) is 0 Å². The van der Waals surface area contributed by atoms with Crippen molar-refractivity contribution in [1.82, 2.24) is 9.88 Å². The molecule has 1 aromatic carbocycles. The molecule has 3 rings (SSSR count). The van der Waals surface area contributed by atoms with E-state index in [2.05, 4.69) is 5.32 Å². The molecular formula is C18H20N2O4. The summed E-state index contributed by atoms with van der Waals surface area (Å²) in [6.45, 7) is 0.628. The molecule has 2 N–H and O–H groups in total. The Hall–Kier alpha value is -2.73. The Morgan fingerprint density at radius 3 is 3.00 bits per heavy atom. The van der Waals surface area contributed by atoms with Gasteiger partial charge in [0, 0.05) is 31.6 Å². The van der Waals surface area contributed by atoms with Gasteiger partial charge in [-0.15, -0.1) is 0 Å². The Bertz CT molecular complexity index is 751. The fourth-order valence-corrected chi connectivity index (χ4v) is 2.55. The number of aliphatic hydroxyl groups excluding tert-OH is 1. The van der Waals surface area contributed by atoms with Crippen LogP contribution >= 0.6 is 0 Å². The van der Waals surface area contributed by atoms with Gasteiger partial charge in [-0.25, -0.2) is 0 Å². The number of fused-ring (bicyclic) bond motifs is 1. The molecular weight excluding hydrogens is 308 g/mol. The van der Waals surface area contributed by atoms with E-state index in [1.54, 1.807) is 6.08 Å². The number of nitrogens with one attached hydrogen (secondary N) is 1. The van der Waals surface area contributed by atoms with Crippen molar-refractivity contribution in [2.75, 3.05) is 13.3 Å². The predicted molar refractivity (Wildman–Crippen MR) is 89.6 cm³/mol. The van der Waals surface area contributed by atoms with Crippen molar-refractivity contribution in [3.63, 3.8) is 0 Å². The van der Waals surface area contributed by atoms with E-state index in [0.717, 1.165) is 11.3 Å². The van der Waals surface area contributed by atoms with Crippen LogP contribution in [0.4, 0.5) is 0 Å². The zero-order valence-electron chi connectivity index (χ0n) is 13.4. The Kier molecular flexibility index (Phi) is 4.86. The summed E-state index contributed by atoms with van der Waals surface area (Å²) in [5.74, 6) is 1.20. The van der Waals surface area contributed by atoms with Crippen LogP contribution in [0.2, 0.25) is 0 Å². The van der Waals surface area contributed by atoms with Gasteiger partial charge in [-0.1, -0.05) is 6.07 Å². The molecule has 2 heterocycles. The molecule has 0 radical (unpaired) electrons. The monoisotopic (exact) mass is 328 g/mol. The molecule has 1 aliphatic heterocycles. The molecule has 6 heteroatoms. The number of carbonyl (C=O) groups excluding carboxylic acids is 1. The zero-order valence-corrected chi connectivity index (χ0v) is 13.4. The first kappa shape index (κ1) is 16.1. The summed E-state index contributed by atoms with van der Waals surface area (Å²) in [4.78, 5) is 11.8. The summed E-state index contributed by atoms with van der Waals surface area (Å²) in [7, 11) is 1.88. The van der Waals surface area contributed by atoms with Gasteiger partial charge >= 0.3 is 0 Å². The third kappa shape index (κ3) is 3.78. The summed E-state index contributed by atoms with van der Waals surface area (Å²) in [5, 5.41) is 12.9. The van der Waals surface area contributed by atoms with Crippen LogP contribution in [0.3, 0.4) is 0 Å². The van der Waals surface area contributed by atoms with E-state index in [1.165, 1.54) is 6.08 Å². The van der Waals surface area contributed by atoms with E-state index in [4.69, 9.17) is 9.47 Å². The molecule has 2 aromatic rings. The number of rotatable bonds is 6. The van der Waals surface area contributed by atoms with E-state index in [-0.39, 0.29) is 12.7 Å². The normalized spacial score (nSPS) is 14.1. The molecule has 24 heavy (non-hydrogen) atoms. The Morgan fingerprint density at radius 1 is 1.38 bits per heavy atom. The van der Waals surface area contributed by atoms with Gasteiger partial charge < -0.3 is 24.5 Å². The maximum atomic E-state index is 11.8.